The molecular formula is C14H12ClN3O4S2. The predicted molar refractivity (Wildman–Crippen MR) is 91.3 cm³/mol. The van der Waals surface area contributed by atoms with Crippen molar-refractivity contribution in [2.24, 2.45) is 9.54 Å². The van der Waals surface area contributed by atoms with Crippen LogP contribution in [0.4, 0.5) is 5.69 Å². The topological polar surface area (TPSA) is 119 Å². The van der Waals surface area contributed by atoms with Gasteiger partial charge in [-0.15, -0.1) is 4.40 Å². The summed E-state index contributed by atoms with van der Waals surface area (Å²) >= 11 is 6.07. The Balaban J connectivity index is 2.28. The number of hydrogen-bond acceptors (Lipinski definition) is 5. The van der Waals surface area contributed by atoms with Crippen LogP contribution in [0.3, 0.4) is 0 Å². The van der Waals surface area contributed by atoms with Crippen LogP contribution in [-0.4, -0.2) is 22.7 Å². The van der Waals surface area contributed by atoms with Crippen molar-refractivity contribution >= 4 is 43.2 Å². The number of anilines is 1. The molecule has 2 aromatic rings. The molecule has 0 unspecified atom stereocenters. The number of nitrogens with zero attached hydrogens (tertiary/aromatic N) is 1. The number of hydrogen-bond donors (Lipinski definition) is 2. The fraction of sp³-hybridized carbons (Fsp3) is 0.0714. The minimum atomic E-state index is -4.18. The molecule has 1 heterocycles. The number of nitrogens with one attached hydrogen (secondary N) is 1. The maximum Gasteiger partial charge on any atom is 0.286 e. The summed E-state index contributed by atoms with van der Waals surface area (Å²) in [5.74, 6) is 0.130. The van der Waals surface area contributed by atoms with Gasteiger partial charge in [0.1, 0.15) is 9.79 Å². The fourth-order valence-electron chi connectivity index (χ4n) is 2.33. The van der Waals surface area contributed by atoms with Crippen molar-refractivity contribution < 1.29 is 16.8 Å². The summed E-state index contributed by atoms with van der Waals surface area (Å²) in [6.45, 7) is 1.51. The predicted octanol–water partition coefficient (Wildman–Crippen LogP) is 1.86. The molecule has 0 saturated carbocycles. The first-order valence-corrected chi connectivity index (χ1v) is 10.0. The van der Waals surface area contributed by atoms with E-state index in [0.717, 1.165) is 6.07 Å². The van der Waals surface area contributed by atoms with Crippen LogP contribution in [0.5, 0.6) is 0 Å². The maximum absolute atomic E-state index is 12.5. The van der Waals surface area contributed by atoms with E-state index < -0.39 is 24.9 Å². The zero-order chi connectivity index (χ0) is 17.7. The number of halogens is 1. The molecule has 0 spiro atoms. The van der Waals surface area contributed by atoms with Crippen LogP contribution in [0.1, 0.15) is 11.1 Å². The number of primary sulfonamides is 1. The first-order chi connectivity index (χ1) is 11.1. The van der Waals surface area contributed by atoms with Crippen LogP contribution in [-0.2, 0) is 20.0 Å². The molecule has 2 aromatic carbocycles. The lowest BCUT2D eigenvalue weighted by Gasteiger charge is -2.22. The van der Waals surface area contributed by atoms with E-state index in [1.165, 1.54) is 6.92 Å². The Morgan fingerprint density at radius 2 is 1.83 bits per heavy atom. The van der Waals surface area contributed by atoms with Crippen molar-refractivity contribution in [3.63, 3.8) is 0 Å². The van der Waals surface area contributed by atoms with Gasteiger partial charge in [0.15, 0.2) is 5.84 Å². The second-order valence-electron chi connectivity index (χ2n) is 5.14. The monoisotopic (exact) mass is 385 g/mol. The van der Waals surface area contributed by atoms with Gasteiger partial charge in [-0.3, -0.25) is 0 Å². The van der Waals surface area contributed by atoms with E-state index in [1.54, 1.807) is 30.3 Å². The molecule has 7 nitrogen and oxygen atoms in total. The minimum Gasteiger partial charge on any atom is -0.338 e. The molecular weight excluding hydrogens is 374 g/mol. The Morgan fingerprint density at radius 3 is 2.42 bits per heavy atom. The van der Waals surface area contributed by atoms with Crippen LogP contribution < -0.4 is 10.5 Å². The van der Waals surface area contributed by atoms with Crippen LogP contribution in [0.15, 0.2) is 50.6 Å². The quantitative estimate of drug-likeness (QED) is 0.817. The largest absolute Gasteiger partial charge is 0.338 e. The molecule has 24 heavy (non-hydrogen) atoms. The van der Waals surface area contributed by atoms with Gasteiger partial charge in [-0.2, -0.15) is 8.42 Å². The number of nitrogens with two attached hydrogens (primary N) is 1. The molecule has 0 saturated heterocycles. The highest BCUT2D eigenvalue weighted by molar-refractivity contribution is 7.91. The first kappa shape index (κ1) is 16.9. The van der Waals surface area contributed by atoms with E-state index in [0.29, 0.717) is 5.56 Å². The smallest absolute Gasteiger partial charge is 0.286 e. The van der Waals surface area contributed by atoms with E-state index in [-0.39, 0.29) is 27.0 Å². The summed E-state index contributed by atoms with van der Waals surface area (Å²) < 4.78 is 52.0. The van der Waals surface area contributed by atoms with Gasteiger partial charge in [0.2, 0.25) is 10.0 Å². The number of sulfonamides is 2. The average Bonchev–Trinajstić information content (AvgIpc) is 2.50. The average molecular weight is 386 g/mol. The maximum atomic E-state index is 12.5. The number of benzene rings is 2. The molecule has 126 valence electrons. The third-order valence-electron chi connectivity index (χ3n) is 3.52. The van der Waals surface area contributed by atoms with Crippen LogP contribution in [0.2, 0.25) is 5.02 Å². The summed E-state index contributed by atoms with van der Waals surface area (Å²) in [4.78, 5) is -0.739. The standard InChI is InChI=1S/C14H12ClN3O4S2/c1-8-12(15)10(23(16,19)20)7-11-13(8)17-14(18-24(11,21)22)9-5-3-2-4-6-9/h2-7H,1H3,(H,17,18)(H2,16,19,20). The molecule has 1 aliphatic heterocycles. The minimum absolute atomic E-state index is 0.130. The summed E-state index contributed by atoms with van der Waals surface area (Å²) in [5.41, 5.74) is 1.00. The van der Waals surface area contributed by atoms with E-state index in [4.69, 9.17) is 16.7 Å². The first-order valence-electron chi connectivity index (χ1n) is 6.64. The summed E-state index contributed by atoms with van der Waals surface area (Å²) in [5, 5.41) is 7.88. The molecule has 10 heteroatoms. The summed E-state index contributed by atoms with van der Waals surface area (Å²) in [6.07, 6.45) is 0. The Morgan fingerprint density at radius 1 is 1.21 bits per heavy atom. The van der Waals surface area contributed by atoms with Crippen molar-refractivity contribution in [1.29, 1.82) is 0 Å². The second-order valence-corrected chi connectivity index (χ2v) is 8.62. The molecule has 0 aliphatic carbocycles. The lowest BCUT2D eigenvalue weighted by Crippen LogP contribution is -2.24. The summed E-state index contributed by atoms with van der Waals surface area (Å²) in [7, 11) is -8.29. The fourth-order valence-corrected chi connectivity index (χ4v) is 4.78. The SMILES string of the molecule is Cc1c(Cl)c(S(N)(=O)=O)cc2c1NC(c1ccccc1)=NS2(=O)=O. The van der Waals surface area contributed by atoms with Gasteiger partial charge in [0, 0.05) is 5.56 Å². The third-order valence-corrected chi connectivity index (χ3v) is 6.35. The van der Waals surface area contributed by atoms with Crippen molar-refractivity contribution in [1.82, 2.24) is 0 Å². The van der Waals surface area contributed by atoms with Gasteiger partial charge >= 0.3 is 0 Å². The molecule has 3 rings (SSSR count). The third kappa shape index (κ3) is 2.80. The van der Waals surface area contributed by atoms with Gasteiger partial charge in [-0.25, -0.2) is 13.6 Å². The zero-order valence-corrected chi connectivity index (χ0v) is 14.7. The van der Waals surface area contributed by atoms with Gasteiger partial charge in [0.25, 0.3) is 10.0 Å². The lowest BCUT2D eigenvalue weighted by atomic mass is 10.1. The van der Waals surface area contributed by atoms with Gasteiger partial charge in [-0.1, -0.05) is 41.9 Å². The van der Waals surface area contributed by atoms with Gasteiger partial charge < -0.3 is 5.32 Å². The summed E-state index contributed by atoms with van der Waals surface area (Å²) in [6, 6.07) is 9.59. The highest BCUT2D eigenvalue weighted by Crippen LogP contribution is 2.38. The van der Waals surface area contributed by atoms with Gasteiger partial charge in [-0.05, 0) is 18.6 Å². The zero-order valence-electron chi connectivity index (χ0n) is 12.3. The molecule has 0 amide bonds. The molecule has 1 aliphatic rings. The normalized spacial score (nSPS) is 16.0. The molecule has 0 radical (unpaired) electrons. The Bertz CT molecular complexity index is 1080. The van der Waals surface area contributed by atoms with Crippen molar-refractivity contribution in [2.45, 2.75) is 16.7 Å². The molecule has 0 bridgehead atoms. The number of amidine groups is 1. The molecule has 3 N–H and O–H groups in total. The van der Waals surface area contributed by atoms with Crippen LogP contribution in [0.25, 0.3) is 0 Å². The molecule has 0 fully saturated rings. The Kier molecular flexibility index (Phi) is 3.91. The van der Waals surface area contributed by atoms with Gasteiger partial charge in [0.05, 0.1) is 10.7 Å². The van der Waals surface area contributed by atoms with Crippen LogP contribution >= 0.6 is 11.6 Å². The van der Waals surface area contributed by atoms with Crippen molar-refractivity contribution in [3.8, 4) is 0 Å². The second kappa shape index (κ2) is 5.55. The Hall–Kier alpha value is -1.94. The Labute approximate surface area is 144 Å². The number of fused-ring (bicyclic) bond motifs is 1. The van der Waals surface area contributed by atoms with Crippen molar-refractivity contribution in [2.75, 3.05) is 5.32 Å². The number of rotatable bonds is 2. The van der Waals surface area contributed by atoms with E-state index in [9.17, 15) is 16.8 Å². The van der Waals surface area contributed by atoms with Crippen LogP contribution in [0, 0.1) is 6.92 Å². The molecule has 0 aromatic heterocycles. The highest BCUT2D eigenvalue weighted by Gasteiger charge is 2.31. The van der Waals surface area contributed by atoms with E-state index >= 15 is 0 Å². The van der Waals surface area contributed by atoms with E-state index in [2.05, 4.69) is 9.71 Å². The van der Waals surface area contributed by atoms with E-state index in [1.807, 2.05) is 0 Å². The van der Waals surface area contributed by atoms with Crippen molar-refractivity contribution in [3.05, 3.63) is 52.5 Å². The highest BCUT2D eigenvalue weighted by atomic mass is 35.5. The molecule has 0 atom stereocenters. The lowest BCUT2D eigenvalue weighted by molar-refractivity contribution is 0.596.